The minimum atomic E-state index is -0.412. The Balaban J connectivity index is 2.40. The quantitative estimate of drug-likeness (QED) is 0.804. The van der Waals surface area contributed by atoms with Crippen LogP contribution in [0.1, 0.15) is 24.2 Å². The standard InChI is InChI=1S/C15H16O/c1-11-6-8-13(9-7-11)15-5-3-4-14(10-15)12(2)16/h3-10,12,16H,1-2H3/t12-/m0/s1. The van der Waals surface area contributed by atoms with Crippen LogP contribution in [-0.2, 0) is 0 Å². The van der Waals surface area contributed by atoms with Crippen molar-refractivity contribution in [1.29, 1.82) is 0 Å². The molecule has 82 valence electrons. The molecule has 0 radical (unpaired) electrons. The summed E-state index contributed by atoms with van der Waals surface area (Å²) in [6.45, 7) is 3.87. The normalized spacial score (nSPS) is 12.4. The van der Waals surface area contributed by atoms with Crippen LogP contribution in [0.2, 0.25) is 0 Å². The molecule has 0 fully saturated rings. The van der Waals surface area contributed by atoms with Crippen LogP contribution in [0.4, 0.5) is 0 Å². The number of aliphatic hydroxyl groups is 1. The van der Waals surface area contributed by atoms with Gasteiger partial charge in [0.25, 0.3) is 0 Å². The second-order valence-corrected chi connectivity index (χ2v) is 4.17. The Morgan fingerprint density at radius 2 is 1.62 bits per heavy atom. The first kappa shape index (κ1) is 10.9. The summed E-state index contributed by atoms with van der Waals surface area (Å²) in [5.41, 5.74) is 4.56. The van der Waals surface area contributed by atoms with Gasteiger partial charge in [0.1, 0.15) is 0 Å². The summed E-state index contributed by atoms with van der Waals surface area (Å²) in [6.07, 6.45) is -0.412. The van der Waals surface area contributed by atoms with E-state index in [9.17, 15) is 5.11 Å². The van der Waals surface area contributed by atoms with Crippen molar-refractivity contribution in [2.24, 2.45) is 0 Å². The Bertz CT molecular complexity index is 469. The first-order valence-corrected chi connectivity index (χ1v) is 5.52. The van der Waals surface area contributed by atoms with Gasteiger partial charge in [0.2, 0.25) is 0 Å². The molecule has 0 aliphatic carbocycles. The van der Waals surface area contributed by atoms with Gasteiger partial charge in [0, 0.05) is 0 Å². The van der Waals surface area contributed by atoms with Crippen LogP contribution in [0.3, 0.4) is 0 Å². The first-order valence-electron chi connectivity index (χ1n) is 5.52. The van der Waals surface area contributed by atoms with Crippen LogP contribution < -0.4 is 0 Å². The van der Waals surface area contributed by atoms with Crippen molar-refractivity contribution < 1.29 is 5.11 Å². The lowest BCUT2D eigenvalue weighted by Crippen LogP contribution is -1.90. The smallest absolute Gasteiger partial charge is 0.0762 e. The van der Waals surface area contributed by atoms with Gasteiger partial charge in [-0.3, -0.25) is 0 Å². The van der Waals surface area contributed by atoms with E-state index >= 15 is 0 Å². The third-order valence-electron chi connectivity index (χ3n) is 2.75. The largest absolute Gasteiger partial charge is 0.389 e. The van der Waals surface area contributed by atoms with Crippen LogP contribution >= 0.6 is 0 Å². The van der Waals surface area contributed by atoms with Gasteiger partial charge in [-0.1, -0.05) is 48.0 Å². The van der Waals surface area contributed by atoms with E-state index in [1.807, 2.05) is 18.2 Å². The third-order valence-corrected chi connectivity index (χ3v) is 2.75. The van der Waals surface area contributed by atoms with Gasteiger partial charge in [0.05, 0.1) is 6.10 Å². The molecule has 16 heavy (non-hydrogen) atoms. The fourth-order valence-corrected chi connectivity index (χ4v) is 1.72. The van der Waals surface area contributed by atoms with Gasteiger partial charge >= 0.3 is 0 Å². The first-order chi connectivity index (χ1) is 7.66. The predicted octanol–water partition coefficient (Wildman–Crippen LogP) is 3.72. The summed E-state index contributed by atoms with van der Waals surface area (Å²) >= 11 is 0. The Morgan fingerprint density at radius 3 is 2.25 bits per heavy atom. The fraction of sp³-hybridized carbons (Fsp3) is 0.200. The molecule has 0 bridgehead atoms. The molecular weight excluding hydrogens is 196 g/mol. The number of hydrogen-bond acceptors (Lipinski definition) is 1. The molecule has 0 saturated heterocycles. The van der Waals surface area contributed by atoms with Crippen molar-refractivity contribution in [1.82, 2.24) is 0 Å². The van der Waals surface area contributed by atoms with E-state index in [0.29, 0.717) is 0 Å². The average molecular weight is 212 g/mol. The van der Waals surface area contributed by atoms with Crippen LogP contribution in [0, 0.1) is 6.92 Å². The van der Waals surface area contributed by atoms with Gasteiger partial charge in [-0.25, -0.2) is 0 Å². The molecule has 0 heterocycles. The topological polar surface area (TPSA) is 20.2 Å². The van der Waals surface area contributed by atoms with E-state index in [0.717, 1.165) is 11.1 Å². The molecule has 0 aromatic heterocycles. The molecule has 0 amide bonds. The molecule has 0 aliphatic heterocycles. The molecule has 1 N–H and O–H groups in total. The molecule has 1 heteroatoms. The van der Waals surface area contributed by atoms with Gasteiger partial charge in [-0.05, 0) is 36.6 Å². The van der Waals surface area contributed by atoms with Crippen molar-refractivity contribution >= 4 is 0 Å². The fourth-order valence-electron chi connectivity index (χ4n) is 1.72. The zero-order chi connectivity index (χ0) is 11.5. The highest BCUT2D eigenvalue weighted by Crippen LogP contribution is 2.23. The van der Waals surface area contributed by atoms with Crippen molar-refractivity contribution in [3.05, 3.63) is 59.7 Å². The second kappa shape index (κ2) is 4.50. The van der Waals surface area contributed by atoms with E-state index in [-0.39, 0.29) is 0 Å². The number of aryl methyl sites for hydroxylation is 1. The van der Waals surface area contributed by atoms with Crippen molar-refractivity contribution in [3.8, 4) is 11.1 Å². The summed E-state index contributed by atoms with van der Waals surface area (Å²) in [5, 5.41) is 9.54. The lowest BCUT2D eigenvalue weighted by atomic mass is 10.0. The maximum Gasteiger partial charge on any atom is 0.0762 e. The molecule has 2 aromatic rings. The molecule has 0 spiro atoms. The summed E-state index contributed by atoms with van der Waals surface area (Å²) < 4.78 is 0. The average Bonchev–Trinajstić information content (AvgIpc) is 2.30. The molecular formula is C15H16O. The molecule has 0 saturated carbocycles. The van der Waals surface area contributed by atoms with Gasteiger partial charge in [0.15, 0.2) is 0 Å². The van der Waals surface area contributed by atoms with Crippen molar-refractivity contribution in [2.45, 2.75) is 20.0 Å². The second-order valence-electron chi connectivity index (χ2n) is 4.17. The van der Waals surface area contributed by atoms with E-state index < -0.39 is 6.10 Å². The summed E-state index contributed by atoms with van der Waals surface area (Å²) in [5.74, 6) is 0. The minimum absolute atomic E-state index is 0.412. The van der Waals surface area contributed by atoms with E-state index in [2.05, 4.69) is 37.3 Å². The summed E-state index contributed by atoms with van der Waals surface area (Å²) in [4.78, 5) is 0. The van der Waals surface area contributed by atoms with Gasteiger partial charge < -0.3 is 5.11 Å². The predicted molar refractivity (Wildman–Crippen MR) is 67.2 cm³/mol. The lowest BCUT2D eigenvalue weighted by Gasteiger charge is -2.07. The van der Waals surface area contributed by atoms with Gasteiger partial charge in [-0.2, -0.15) is 0 Å². The Kier molecular flexibility index (Phi) is 3.07. The number of aliphatic hydroxyl groups excluding tert-OH is 1. The third kappa shape index (κ3) is 2.31. The summed E-state index contributed by atoms with van der Waals surface area (Å²) in [6, 6.07) is 16.5. The number of rotatable bonds is 2. The van der Waals surface area contributed by atoms with Crippen LogP contribution in [0.5, 0.6) is 0 Å². The highest BCUT2D eigenvalue weighted by atomic mass is 16.3. The van der Waals surface area contributed by atoms with Crippen molar-refractivity contribution in [2.75, 3.05) is 0 Å². The molecule has 0 aliphatic rings. The zero-order valence-corrected chi connectivity index (χ0v) is 9.64. The molecule has 1 atom stereocenters. The maximum atomic E-state index is 9.54. The maximum absolute atomic E-state index is 9.54. The van der Waals surface area contributed by atoms with Crippen LogP contribution in [0.25, 0.3) is 11.1 Å². The lowest BCUT2D eigenvalue weighted by molar-refractivity contribution is 0.199. The molecule has 0 unspecified atom stereocenters. The Hall–Kier alpha value is -1.60. The highest BCUT2D eigenvalue weighted by Gasteiger charge is 2.02. The highest BCUT2D eigenvalue weighted by molar-refractivity contribution is 5.64. The molecule has 1 nitrogen and oxygen atoms in total. The van der Waals surface area contributed by atoms with Gasteiger partial charge in [-0.15, -0.1) is 0 Å². The van der Waals surface area contributed by atoms with Crippen LogP contribution in [-0.4, -0.2) is 5.11 Å². The van der Waals surface area contributed by atoms with Crippen molar-refractivity contribution in [3.63, 3.8) is 0 Å². The summed E-state index contributed by atoms with van der Waals surface area (Å²) in [7, 11) is 0. The molecule has 2 aromatic carbocycles. The molecule has 2 rings (SSSR count). The SMILES string of the molecule is Cc1ccc(-c2cccc([C@H](C)O)c2)cc1. The zero-order valence-electron chi connectivity index (χ0n) is 9.64. The van der Waals surface area contributed by atoms with E-state index in [1.165, 1.54) is 11.1 Å². The number of hydrogen-bond donors (Lipinski definition) is 1. The van der Waals surface area contributed by atoms with E-state index in [4.69, 9.17) is 0 Å². The monoisotopic (exact) mass is 212 g/mol. The number of benzene rings is 2. The van der Waals surface area contributed by atoms with Crippen LogP contribution in [0.15, 0.2) is 48.5 Å². The minimum Gasteiger partial charge on any atom is -0.389 e. The Labute approximate surface area is 96.4 Å². The van der Waals surface area contributed by atoms with E-state index in [1.54, 1.807) is 6.92 Å². The Morgan fingerprint density at radius 1 is 0.938 bits per heavy atom.